The van der Waals surface area contributed by atoms with Gasteiger partial charge in [-0.2, -0.15) is 0 Å². The number of likely N-dealkylation sites (tertiary alicyclic amines) is 1. The van der Waals surface area contributed by atoms with Gasteiger partial charge in [0.2, 0.25) is 0 Å². The molecule has 0 aliphatic carbocycles. The molecule has 4 nitrogen and oxygen atoms in total. The molecule has 0 amide bonds. The predicted molar refractivity (Wildman–Crippen MR) is 66.6 cm³/mol. The maximum Gasteiger partial charge on any atom is 0.190 e. The van der Waals surface area contributed by atoms with Crippen molar-refractivity contribution in [1.82, 2.24) is 19.7 Å². The molecule has 0 saturated carbocycles. The number of aryl methyl sites for hydroxylation is 1. The van der Waals surface area contributed by atoms with E-state index >= 15 is 0 Å². The number of thioether (sulfide) groups is 1. The second-order valence-corrected chi connectivity index (χ2v) is 5.39. The Morgan fingerprint density at radius 3 is 2.81 bits per heavy atom. The van der Waals surface area contributed by atoms with Crippen molar-refractivity contribution < 1.29 is 0 Å². The van der Waals surface area contributed by atoms with E-state index in [4.69, 9.17) is 0 Å². The summed E-state index contributed by atoms with van der Waals surface area (Å²) >= 11 is 1.80. The molecule has 0 bridgehead atoms. The van der Waals surface area contributed by atoms with E-state index in [1.807, 2.05) is 11.6 Å². The van der Waals surface area contributed by atoms with Crippen LogP contribution in [0.3, 0.4) is 0 Å². The first-order chi connectivity index (χ1) is 7.86. The monoisotopic (exact) mass is 240 g/mol. The predicted octanol–water partition coefficient (Wildman–Crippen LogP) is 1.78. The average Bonchev–Trinajstić information content (AvgIpc) is 2.72. The Morgan fingerprint density at radius 1 is 1.31 bits per heavy atom. The van der Waals surface area contributed by atoms with Crippen molar-refractivity contribution in [3.8, 4) is 0 Å². The zero-order valence-corrected chi connectivity index (χ0v) is 10.7. The summed E-state index contributed by atoms with van der Waals surface area (Å²) in [5.41, 5.74) is 0. The molecule has 0 spiro atoms. The molecular formula is C11H20N4S. The third-order valence-corrected chi connectivity index (χ3v) is 4.09. The van der Waals surface area contributed by atoms with Gasteiger partial charge in [0.15, 0.2) is 5.16 Å². The Kier molecular flexibility index (Phi) is 4.66. The molecule has 1 fully saturated rings. The fourth-order valence-corrected chi connectivity index (χ4v) is 2.85. The smallest absolute Gasteiger partial charge is 0.190 e. The standard InChI is InChI=1S/C11H20N4S/c1-14-10-12-13-11(14)16-9-5-8-15-6-3-2-4-7-15/h10H,2-9H2,1H3. The van der Waals surface area contributed by atoms with E-state index in [9.17, 15) is 0 Å². The maximum atomic E-state index is 4.06. The lowest BCUT2D eigenvalue weighted by molar-refractivity contribution is 0.230. The van der Waals surface area contributed by atoms with Crippen molar-refractivity contribution >= 4 is 11.8 Å². The molecule has 1 aliphatic rings. The highest BCUT2D eigenvalue weighted by atomic mass is 32.2. The number of nitrogens with zero attached hydrogens (tertiary/aromatic N) is 4. The third kappa shape index (κ3) is 3.49. The molecule has 2 rings (SSSR count). The van der Waals surface area contributed by atoms with Crippen molar-refractivity contribution in [2.45, 2.75) is 30.8 Å². The van der Waals surface area contributed by atoms with Crippen molar-refractivity contribution in [1.29, 1.82) is 0 Å². The molecule has 1 saturated heterocycles. The van der Waals surface area contributed by atoms with Crippen LogP contribution in [0, 0.1) is 0 Å². The topological polar surface area (TPSA) is 34.0 Å². The molecule has 0 aromatic carbocycles. The molecule has 0 radical (unpaired) electrons. The quantitative estimate of drug-likeness (QED) is 0.580. The molecule has 0 atom stereocenters. The van der Waals surface area contributed by atoms with Crippen LogP contribution in [0.15, 0.2) is 11.5 Å². The van der Waals surface area contributed by atoms with Crippen LogP contribution in [-0.2, 0) is 7.05 Å². The highest BCUT2D eigenvalue weighted by Crippen LogP contribution is 2.15. The van der Waals surface area contributed by atoms with E-state index < -0.39 is 0 Å². The lowest BCUT2D eigenvalue weighted by atomic mass is 10.1. The van der Waals surface area contributed by atoms with E-state index in [0.29, 0.717) is 0 Å². The summed E-state index contributed by atoms with van der Waals surface area (Å²) in [5, 5.41) is 8.96. The molecule has 1 aromatic rings. The van der Waals surface area contributed by atoms with Crippen LogP contribution in [0.1, 0.15) is 25.7 Å². The number of hydrogen-bond acceptors (Lipinski definition) is 4. The molecule has 90 valence electrons. The molecule has 5 heteroatoms. The van der Waals surface area contributed by atoms with Gasteiger partial charge in [0.25, 0.3) is 0 Å². The molecule has 0 unspecified atom stereocenters. The van der Waals surface area contributed by atoms with E-state index in [2.05, 4.69) is 15.1 Å². The second kappa shape index (κ2) is 6.25. The van der Waals surface area contributed by atoms with Crippen molar-refractivity contribution in [3.05, 3.63) is 6.33 Å². The van der Waals surface area contributed by atoms with Gasteiger partial charge in [0.1, 0.15) is 6.33 Å². The van der Waals surface area contributed by atoms with Gasteiger partial charge in [-0.25, -0.2) is 0 Å². The molecule has 1 aliphatic heterocycles. The molecule has 16 heavy (non-hydrogen) atoms. The summed E-state index contributed by atoms with van der Waals surface area (Å²) in [6.45, 7) is 3.84. The van der Waals surface area contributed by atoms with Gasteiger partial charge in [-0.05, 0) is 38.9 Å². The van der Waals surface area contributed by atoms with Gasteiger partial charge in [0.05, 0.1) is 0 Å². The lowest BCUT2D eigenvalue weighted by Gasteiger charge is -2.26. The third-order valence-electron chi connectivity index (χ3n) is 2.97. The summed E-state index contributed by atoms with van der Waals surface area (Å²) < 4.78 is 1.98. The number of rotatable bonds is 5. The molecular weight excluding hydrogens is 220 g/mol. The SMILES string of the molecule is Cn1cnnc1SCCCN1CCCCC1. The Bertz CT molecular complexity index is 307. The van der Waals surface area contributed by atoms with Gasteiger partial charge < -0.3 is 9.47 Å². The average molecular weight is 240 g/mol. The zero-order chi connectivity index (χ0) is 11.2. The van der Waals surface area contributed by atoms with Crippen LogP contribution in [0.4, 0.5) is 0 Å². The second-order valence-electron chi connectivity index (χ2n) is 4.33. The summed E-state index contributed by atoms with van der Waals surface area (Å²) in [5.74, 6) is 1.14. The first kappa shape index (κ1) is 11.9. The summed E-state index contributed by atoms with van der Waals surface area (Å²) in [6, 6.07) is 0. The Labute approximate surface area is 101 Å². The summed E-state index contributed by atoms with van der Waals surface area (Å²) in [6.07, 6.45) is 7.20. The van der Waals surface area contributed by atoms with E-state index in [0.717, 1.165) is 10.9 Å². The van der Waals surface area contributed by atoms with Crippen LogP contribution in [0.25, 0.3) is 0 Å². The minimum absolute atomic E-state index is 1.03. The maximum absolute atomic E-state index is 4.06. The van der Waals surface area contributed by atoms with Crippen molar-refractivity contribution in [3.63, 3.8) is 0 Å². The van der Waals surface area contributed by atoms with Crippen LogP contribution in [-0.4, -0.2) is 45.1 Å². The summed E-state index contributed by atoms with van der Waals surface area (Å²) in [4.78, 5) is 2.58. The summed E-state index contributed by atoms with van der Waals surface area (Å²) in [7, 11) is 1.99. The minimum atomic E-state index is 1.03. The van der Waals surface area contributed by atoms with E-state index in [1.54, 1.807) is 18.1 Å². The number of hydrogen-bond donors (Lipinski definition) is 0. The Morgan fingerprint density at radius 2 is 2.12 bits per heavy atom. The van der Waals surface area contributed by atoms with E-state index in [1.165, 1.54) is 45.3 Å². The zero-order valence-electron chi connectivity index (χ0n) is 9.93. The number of piperidine rings is 1. The van der Waals surface area contributed by atoms with Crippen LogP contribution in [0.2, 0.25) is 0 Å². The molecule has 2 heterocycles. The first-order valence-corrected chi connectivity index (χ1v) is 7.04. The fourth-order valence-electron chi connectivity index (χ4n) is 2.04. The van der Waals surface area contributed by atoms with Gasteiger partial charge >= 0.3 is 0 Å². The van der Waals surface area contributed by atoms with Crippen molar-refractivity contribution in [2.24, 2.45) is 7.05 Å². The van der Waals surface area contributed by atoms with Crippen LogP contribution < -0.4 is 0 Å². The highest BCUT2D eigenvalue weighted by Gasteiger charge is 2.09. The normalized spacial score (nSPS) is 17.8. The molecule has 0 N–H and O–H groups in total. The van der Waals surface area contributed by atoms with Gasteiger partial charge in [0, 0.05) is 12.8 Å². The van der Waals surface area contributed by atoms with Gasteiger partial charge in [-0.15, -0.1) is 10.2 Å². The van der Waals surface area contributed by atoms with Crippen LogP contribution >= 0.6 is 11.8 Å². The largest absolute Gasteiger partial charge is 0.312 e. The fraction of sp³-hybridized carbons (Fsp3) is 0.818. The Balaban J connectivity index is 1.59. The highest BCUT2D eigenvalue weighted by molar-refractivity contribution is 7.99. The van der Waals surface area contributed by atoms with E-state index in [-0.39, 0.29) is 0 Å². The number of aromatic nitrogens is 3. The van der Waals surface area contributed by atoms with Gasteiger partial charge in [-0.1, -0.05) is 18.2 Å². The van der Waals surface area contributed by atoms with Crippen LogP contribution in [0.5, 0.6) is 0 Å². The van der Waals surface area contributed by atoms with Crippen molar-refractivity contribution in [2.75, 3.05) is 25.4 Å². The molecule has 1 aromatic heterocycles. The Hall–Kier alpha value is -0.550. The van der Waals surface area contributed by atoms with Gasteiger partial charge in [-0.3, -0.25) is 0 Å². The first-order valence-electron chi connectivity index (χ1n) is 6.05. The lowest BCUT2D eigenvalue weighted by Crippen LogP contribution is -2.30. The minimum Gasteiger partial charge on any atom is -0.312 e.